The Bertz CT molecular complexity index is 852. The third kappa shape index (κ3) is 3.13. The normalized spacial score (nSPS) is 11.6. The molecule has 23 heavy (non-hydrogen) atoms. The summed E-state index contributed by atoms with van der Waals surface area (Å²) in [4.78, 5) is 0.401. The maximum absolute atomic E-state index is 13.0. The van der Waals surface area contributed by atoms with E-state index in [9.17, 15) is 8.42 Å². The molecule has 2 rings (SSSR count). The molecule has 0 aliphatic rings. The van der Waals surface area contributed by atoms with Crippen molar-refractivity contribution in [1.29, 1.82) is 0 Å². The van der Waals surface area contributed by atoms with Crippen LogP contribution in [0.2, 0.25) is 0 Å². The largest absolute Gasteiger partial charge is 0.279 e. The van der Waals surface area contributed by atoms with Gasteiger partial charge in [-0.25, -0.2) is 8.42 Å². The average molecular weight is 331 g/mol. The van der Waals surface area contributed by atoms with Crippen LogP contribution in [-0.2, 0) is 10.0 Å². The lowest BCUT2D eigenvalue weighted by Gasteiger charge is -2.20. The van der Waals surface area contributed by atoms with Gasteiger partial charge in [0.15, 0.2) is 0 Å². The van der Waals surface area contributed by atoms with Crippen molar-refractivity contribution in [3.63, 3.8) is 0 Å². The van der Waals surface area contributed by atoms with E-state index in [1.54, 1.807) is 0 Å². The highest BCUT2D eigenvalue weighted by Crippen LogP contribution is 2.31. The summed E-state index contributed by atoms with van der Waals surface area (Å²) in [5.74, 6) is 0. The predicted molar refractivity (Wildman–Crippen MR) is 96.9 cm³/mol. The van der Waals surface area contributed by atoms with Crippen LogP contribution >= 0.6 is 0 Å². The Morgan fingerprint density at radius 1 is 0.739 bits per heavy atom. The lowest BCUT2D eigenvalue weighted by Crippen LogP contribution is -2.18. The van der Waals surface area contributed by atoms with E-state index in [0.717, 1.165) is 38.9 Å². The van der Waals surface area contributed by atoms with Crippen molar-refractivity contribution in [3.05, 3.63) is 57.1 Å². The molecule has 2 aromatic rings. The maximum atomic E-state index is 13.0. The number of rotatable bonds is 3. The molecule has 0 amide bonds. The van der Waals surface area contributed by atoms with Gasteiger partial charge in [-0.2, -0.15) is 0 Å². The van der Waals surface area contributed by atoms with E-state index >= 15 is 0 Å². The first-order valence-corrected chi connectivity index (χ1v) is 9.21. The monoisotopic (exact) mass is 331 g/mol. The second-order valence-electron chi connectivity index (χ2n) is 6.38. The van der Waals surface area contributed by atoms with Crippen LogP contribution in [0.4, 0.5) is 5.69 Å². The topological polar surface area (TPSA) is 46.2 Å². The van der Waals surface area contributed by atoms with Gasteiger partial charge >= 0.3 is 0 Å². The van der Waals surface area contributed by atoms with E-state index in [4.69, 9.17) is 0 Å². The van der Waals surface area contributed by atoms with Crippen LogP contribution in [0.5, 0.6) is 0 Å². The summed E-state index contributed by atoms with van der Waals surface area (Å²) < 4.78 is 28.7. The number of anilines is 1. The lowest BCUT2D eigenvalue weighted by atomic mass is 9.95. The smallest absolute Gasteiger partial charge is 0.262 e. The zero-order chi connectivity index (χ0) is 17.5. The molecule has 0 heterocycles. The Hall–Kier alpha value is -1.81. The maximum Gasteiger partial charge on any atom is 0.262 e. The molecule has 0 saturated carbocycles. The molecule has 0 aliphatic heterocycles. The van der Waals surface area contributed by atoms with Crippen molar-refractivity contribution in [1.82, 2.24) is 0 Å². The Morgan fingerprint density at radius 2 is 1.22 bits per heavy atom. The highest BCUT2D eigenvalue weighted by Gasteiger charge is 2.24. The molecule has 0 atom stereocenters. The van der Waals surface area contributed by atoms with Gasteiger partial charge in [0.2, 0.25) is 0 Å². The fourth-order valence-corrected chi connectivity index (χ4v) is 4.73. The molecule has 1 N–H and O–H groups in total. The zero-order valence-electron chi connectivity index (χ0n) is 15.0. The first kappa shape index (κ1) is 17.5. The van der Waals surface area contributed by atoms with Gasteiger partial charge < -0.3 is 0 Å². The Balaban J connectivity index is 2.61. The fraction of sp³-hybridized carbons (Fsp3) is 0.368. The van der Waals surface area contributed by atoms with Gasteiger partial charge in [-0.1, -0.05) is 17.7 Å². The summed E-state index contributed by atoms with van der Waals surface area (Å²) in [5.41, 5.74) is 7.54. The van der Waals surface area contributed by atoms with Crippen LogP contribution < -0.4 is 4.72 Å². The van der Waals surface area contributed by atoms with E-state index in [1.807, 2.05) is 66.7 Å². The summed E-state index contributed by atoms with van der Waals surface area (Å²) in [7, 11) is -3.62. The first-order chi connectivity index (χ1) is 10.6. The zero-order valence-corrected chi connectivity index (χ0v) is 15.8. The number of aryl methyl sites for hydroxylation is 2. The van der Waals surface area contributed by atoms with Crippen molar-refractivity contribution in [2.45, 2.75) is 53.4 Å². The van der Waals surface area contributed by atoms with E-state index in [2.05, 4.69) is 4.72 Å². The van der Waals surface area contributed by atoms with Crippen LogP contribution in [0.15, 0.2) is 23.1 Å². The minimum atomic E-state index is -3.62. The molecule has 124 valence electrons. The van der Waals surface area contributed by atoms with Gasteiger partial charge in [-0.15, -0.1) is 0 Å². The molecule has 3 nitrogen and oxygen atoms in total. The lowest BCUT2D eigenvalue weighted by molar-refractivity contribution is 0.599. The Morgan fingerprint density at radius 3 is 1.70 bits per heavy atom. The van der Waals surface area contributed by atoms with Crippen molar-refractivity contribution >= 4 is 15.7 Å². The first-order valence-electron chi connectivity index (χ1n) is 7.73. The molecule has 0 bridgehead atoms. The molecule has 0 unspecified atom stereocenters. The van der Waals surface area contributed by atoms with Crippen LogP contribution in [-0.4, -0.2) is 8.42 Å². The molecular weight excluding hydrogens is 306 g/mol. The van der Waals surface area contributed by atoms with Crippen molar-refractivity contribution in [2.75, 3.05) is 4.72 Å². The van der Waals surface area contributed by atoms with Crippen LogP contribution in [0.3, 0.4) is 0 Å². The molecule has 2 aromatic carbocycles. The molecule has 0 saturated heterocycles. The second-order valence-corrected chi connectivity index (χ2v) is 8.00. The number of hydrogen-bond donors (Lipinski definition) is 1. The average Bonchev–Trinajstić information content (AvgIpc) is 2.46. The molecule has 0 spiro atoms. The fourth-order valence-electron chi connectivity index (χ4n) is 2.99. The van der Waals surface area contributed by atoms with Gasteiger partial charge in [-0.05, 0) is 87.9 Å². The Labute approximate surface area is 139 Å². The summed E-state index contributed by atoms with van der Waals surface area (Å²) in [6, 6.07) is 5.71. The molecule has 0 aliphatic carbocycles. The highest BCUT2D eigenvalue weighted by atomic mass is 32.2. The number of hydrogen-bond acceptors (Lipinski definition) is 2. The quantitative estimate of drug-likeness (QED) is 0.890. The molecular formula is C19H25NO2S. The minimum absolute atomic E-state index is 0.401. The molecule has 0 aromatic heterocycles. The summed E-state index contributed by atoms with van der Waals surface area (Å²) in [5, 5.41) is 0. The van der Waals surface area contributed by atoms with E-state index in [-0.39, 0.29) is 0 Å². The van der Waals surface area contributed by atoms with Crippen molar-refractivity contribution in [3.8, 4) is 0 Å². The van der Waals surface area contributed by atoms with Gasteiger partial charge in [-0.3, -0.25) is 4.72 Å². The standard InChI is InChI=1S/C19H25NO2S/c1-11-8-9-18(12(2)10-11)20-23(21,22)19-16(6)14(4)13(3)15(5)17(19)7/h8-10,20H,1-7H3. The number of nitrogens with one attached hydrogen (secondary N) is 1. The minimum Gasteiger partial charge on any atom is -0.279 e. The Kier molecular flexibility index (Phi) is 4.58. The van der Waals surface area contributed by atoms with Gasteiger partial charge in [0, 0.05) is 0 Å². The van der Waals surface area contributed by atoms with Crippen LogP contribution in [0.1, 0.15) is 38.9 Å². The SMILES string of the molecule is Cc1ccc(NS(=O)(=O)c2c(C)c(C)c(C)c(C)c2C)c(C)c1. The molecule has 0 fully saturated rings. The van der Waals surface area contributed by atoms with Gasteiger partial charge in [0.1, 0.15) is 0 Å². The summed E-state index contributed by atoms with van der Waals surface area (Å²) in [6.07, 6.45) is 0. The van der Waals surface area contributed by atoms with Gasteiger partial charge in [0.05, 0.1) is 10.6 Å². The summed E-state index contributed by atoms with van der Waals surface area (Å²) >= 11 is 0. The predicted octanol–water partition coefficient (Wildman–Crippen LogP) is 4.65. The van der Waals surface area contributed by atoms with E-state index < -0.39 is 10.0 Å². The molecule has 4 heteroatoms. The third-order valence-electron chi connectivity index (χ3n) is 4.83. The second kappa shape index (κ2) is 6.00. The number of benzene rings is 2. The van der Waals surface area contributed by atoms with Crippen LogP contribution in [0, 0.1) is 48.5 Å². The van der Waals surface area contributed by atoms with Crippen molar-refractivity contribution < 1.29 is 8.42 Å². The van der Waals surface area contributed by atoms with E-state index in [0.29, 0.717) is 10.6 Å². The summed E-state index contributed by atoms with van der Waals surface area (Å²) in [6.45, 7) is 13.7. The molecule has 0 radical (unpaired) electrons. The van der Waals surface area contributed by atoms with E-state index in [1.165, 1.54) is 0 Å². The van der Waals surface area contributed by atoms with Crippen LogP contribution in [0.25, 0.3) is 0 Å². The van der Waals surface area contributed by atoms with Crippen molar-refractivity contribution in [2.24, 2.45) is 0 Å². The third-order valence-corrected chi connectivity index (χ3v) is 6.46. The highest BCUT2D eigenvalue weighted by molar-refractivity contribution is 7.92. The van der Waals surface area contributed by atoms with Gasteiger partial charge in [0.25, 0.3) is 10.0 Å². The number of sulfonamides is 1.